The van der Waals surface area contributed by atoms with Gasteiger partial charge in [-0.1, -0.05) is 46.3 Å². The van der Waals surface area contributed by atoms with Gasteiger partial charge in [0, 0.05) is 21.6 Å². The van der Waals surface area contributed by atoms with E-state index in [1.54, 1.807) is 12.1 Å². The van der Waals surface area contributed by atoms with Crippen molar-refractivity contribution in [3.8, 4) is 5.75 Å². The van der Waals surface area contributed by atoms with E-state index in [0.717, 1.165) is 20.9 Å². The molecule has 3 aromatic carbocycles. The molecule has 4 aromatic rings. The molecule has 0 saturated carbocycles. The van der Waals surface area contributed by atoms with Crippen molar-refractivity contribution in [3.05, 3.63) is 88.9 Å². The van der Waals surface area contributed by atoms with Crippen LogP contribution >= 0.6 is 28.3 Å². The number of benzene rings is 3. The molecular formula is C21H16BrClFN3O. The average Bonchev–Trinajstić information content (AvgIpc) is 2.69. The molecule has 142 valence electrons. The number of fused-ring (bicyclic) bond motifs is 1. The summed E-state index contributed by atoms with van der Waals surface area (Å²) in [5.41, 5.74) is 2.37. The Balaban J connectivity index is 0.00000225. The van der Waals surface area contributed by atoms with Crippen LogP contribution in [-0.2, 0) is 6.61 Å². The molecule has 0 aliphatic heterocycles. The van der Waals surface area contributed by atoms with Gasteiger partial charge < -0.3 is 10.1 Å². The normalized spacial score (nSPS) is 10.4. The lowest BCUT2D eigenvalue weighted by Crippen LogP contribution is -1.99. The van der Waals surface area contributed by atoms with Crippen LogP contribution < -0.4 is 10.1 Å². The summed E-state index contributed by atoms with van der Waals surface area (Å²) in [5.74, 6) is 0.383. The van der Waals surface area contributed by atoms with Gasteiger partial charge in [-0.25, -0.2) is 14.4 Å². The molecule has 1 N–H and O–H groups in total. The van der Waals surface area contributed by atoms with Crippen molar-refractivity contribution >= 4 is 50.7 Å². The minimum absolute atomic E-state index is 0. The van der Waals surface area contributed by atoms with Gasteiger partial charge in [-0.05, 0) is 35.9 Å². The van der Waals surface area contributed by atoms with Gasteiger partial charge in [0.25, 0.3) is 0 Å². The highest BCUT2D eigenvalue weighted by Crippen LogP contribution is 2.28. The van der Waals surface area contributed by atoms with Crippen LogP contribution in [0.1, 0.15) is 5.56 Å². The van der Waals surface area contributed by atoms with Gasteiger partial charge in [0.15, 0.2) is 11.6 Å². The zero-order valence-electron chi connectivity index (χ0n) is 14.6. The maximum absolute atomic E-state index is 14.4. The second-order valence-corrected chi connectivity index (χ2v) is 6.84. The minimum atomic E-state index is -0.435. The predicted octanol–water partition coefficient (Wildman–Crippen LogP) is 6.28. The van der Waals surface area contributed by atoms with E-state index >= 15 is 0 Å². The van der Waals surface area contributed by atoms with Crippen LogP contribution in [0.4, 0.5) is 15.9 Å². The van der Waals surface area contributed by atoms with E-state index in [1.165, 1.54) is 12.4 Å². The van der Waals surface area contributed by atoms with Gasteiger partial charge in [0.1, 0.15) is 18.8 Å². The maximum atomic E-state index is 14.4. The molecule has 4 nitrogen and oxygen atoms in total. The maximum Gasteiger partial charge on any atom is 0.167 e. The first-order chi connectivity index (χ1) is 13.2. The van der Waals surface area contributed by atoms with Crippen molar-refractivity contribution in [3.63, 3.8) is 0 Å². The summed E-state index contributed by atoms with van der Waals surface area (Å²) in [6.45, 7) is 0.315. The van der Waals surface area contributed by atoms with E-state index in [2.05, 4.69) is 31.2 Å². The molecule has 0 fully saturated rings. The van der Waals surface area contributed by atoms with E-state index in [-0.39, 0.29) is 18.2 Å². The Bertz CT molecular complexity index is 1100. The molecule has 7 heteroatoms. The van der Waals surface area contributed by atoms with Crippen LogP contribution in [0, 0.1) is 5.82 Å². The molecule has 1 aromatic heterocycles. The zero-order valence-corrected chi connectivity index (χ0v) is 17.0. The van der Waals surface area contributed by atoms with E-state index < -0.39 is 5.82 Å². The molecule has 0 radical (unpaired) electrons. The summed E-state index contributed by atoms with van der Waals surface area (Å²) in [7, 11) is 0. The summed E-state index contributed by atoms with van der Waals surface area (Å²) in [6.07, 6.45) is 1.48. The second kappa shape index (κ2) is 8.99. The second-order valence-electron chi connectivity index (χ2n) is 5.93. The Morgan fingerprint density at radius 1 is 0.964 bits per heavy atom. The van der Waals surface area contributed by atoms with Gasteiger partial charge in [-0.3, -0.25) is 0 Å². The number of nitrogens with one attached hydrogen (secondary N) is 1. The van der Waals surface area contributed by atoms with Crippen LogP contribution in [0.2, 0.25) is 0 Å². The van der Waals surface area contributed by atoms with Gasteiger partial charge in [-0.2, -0.15) is 0 Å². The topological polar surface area (TPSA) is 47.0 Å². The highest BCUT2D eigenvalue weighted by molar-refractivity contribution is 9.10. The molecule has 28 heavy (non-hydrogen) atoms. The van der Waals surface area contributed by atoms with Gasteiger partial charge in [-0.15, -0.1) is 12.4 Å². The molecule has 4 rings (SSSR count). The monoisotopic (exact) mass is 459 g/mol. The molecule has 0 saturated heterocycles. The average molecular weight is 461 g/mol. The standard InChI is InChI=1S/C21H15BrFN3O.ClH/c22-15-6-8-19-17(10-15)21(25-13-24-19)26-16-7-9-20(18(23)11-16)27-12-14-4-2-1-3-5-14;/h1-11,13H,12H2,(H,24,25,26);1H. The Labute approximate surface area is 176 Å². The highest BCUT2D eigenvalue weighted by atomic mass is 79.9. The van der Waals surface area contributed by atoms with Gasteiger partial charge in [0.2, 0.25) is 0 Å². The van der Waals surface area contributed by atoms with Crippen LogP contribution in [-0.4, -0.2) is 9.97 Å². The Morgan fingerprint density at radius 3 is 2.57 bits per heavy atom. The quantitative estimate of drug-likeness (QED) is 0.381. The van der Waals surface area contributed by atoms with Gasteiger partial charge >= 0.3 is 0 Å². The molecule has 0 bridgehead atoms. The molecule has 0 unspecified atom stereocenters. The molecule has 0 amide bonds. The summed E-state index contributed by atoms with van der Waals surface area (Å²) >= 11 is 3.45. The molecular weight excluding hydrogens is 445 g/mol. The molecule has 0 aliphatic carbocycles. The molecule has 0 spiro atoms. The summed E-state index contributed by atoms with van der Waals surface area (Å²) < 4.78 is 20.9. The number of rotatable bonds is 5. The number of hydrogen-bond acceptors (Lipinski definition) is 4. The highest BCUT2D eigenvalue weighted by Gasteiger charge is 2.08. The van der Waals surface area contributed by atoms with Crippen molar-refractivity contribution in [2.45, 2.75) is 6.61 Å². The van der Waals surface area contributed by atoms with Crippen LogP contribution in [0.5, 0.6) is 5.75 Å². The van der Waals surface area contributed by atoms with Crippen molar-refractivity contribution in [2.24, 2.45) is 0 Å². The Kier molecular flexibility index (Phi) is 6.44. The Morgan fingerprint density at radius 2 is 1.79 bits per heavy atom. The zero-order chi connectivity index (χ0) is 18.6. The molecule has 0 atom stereocenters. The first-order valence-corrected chi connectivity index (χ1v) is 9.12. The van der Waals surface area contributed by atoms with Crippen LogP contribution in [0.3, 0.4) is 0 Å². The van der Waals surface area contributed by atoms with Crippen molar-refractivity contribution in [2.75, 3.05) is 5.32 Å². The van der Waals surface area contributed by atoms with Crippen molar-refractivity contribution < 1.29 is 9.13 Å². The number of nitrogens with zero attached hydrogens (tertiary/aromatic N) is 2. The lowest BCUT2D eigenvalue weighted by molar-refractivity contribution is 0.290. The SMILES string of the molecule is Cl.Fc1cc(Nc2ncnc3ccc(Br)cc23)ccc1OCc1ccccc1. The number of halogens is 3. The third kappa shape index (κ3) is 4.58. The van der Waals surface area contributed by atoms with Crippen molar-refractivity contribution in [1.29, 1.82) is 0 Å². The fraction of sp³-hybridized carbons (Fsp3) is 0.0476. The predicted molar refractivity (Wildman–Crippen MR) is 115 cm³/mol. The van der Waals surface area contributed by atoms with E-state index in [1.807, 2.05) is 48.5 Å². The number of ether oxygens (including phenoxy) is 1. The van der Waals surface area contributed by atoms with E-state index in [0.29, 0.717) is 18.1 Å². The van der Waals surface area contributed by atoms with Gasteiger partial charge in [0.05, 0.1) is 5.52 Å². The number of aromatic nitrogens is 2. The molecule has 1 heterocycles. The third-order valence-corrected chi connectivity index (χ3v) is 4.52. The summed E-state index contributed by atoms with van der Waals surface area (Å²) in [6, 6.07) is 20.1. The smallest absolute Gasteiger partial charge is 0.167 e. The van der Waals surface area contributed by atoms with Crippen LogP contribution in [0.25, 0.3) is 10.9 Å². The minimum Gasteiger partial charge on any atom is -0.486 e. The first kappa shape index (κ1) is 20.0. The van der Waals surface area contributed by atoms with E-state index in [9.17, 15) is 4.39 Å². The Hall–Kier alpha value is -2.70. The lowest BCUT2D eigenvalue weighted by Gasteiger charge is -2.11. The molecule has 0 aliphatic rings. The largest absolute Gasteiger partial charge is 0.486 e. The lowest BCUT2D eigenvalue weighted by atomic mass is 10.2. The first-order valence-electron chi connectivity index (χ1n) is 8.32. The fourth-order valence-corrected chi connectivity index (χ4v) is 3.06. The van der Waals surface area contributed by atoms with E-state index in [4.69, 9.17) is 4.74 Å². The summed E-state index contributed by atoms with van der Waals surface area (Å²) in [4.78, 5) is 8.52. The summed E-state index contributed by atoms with van der Waals surface area (Å²) in [5, 5.41) is 3.99. The van der Waals surface area contributed by atoms with Crippen molar-refractivity contribution in [1.82, 2.24) is 9.97 Å². The number of anilines is 2. The number of hydrogen-bond donors (Lipinski definition) is 1. The third-order valence-electron chi connectivity index (χ3n) is 4.03. The fourth-order valence-electron chi connectivity index (χ4n) is 2.70. The van der Waals surface area contributed by atoms with Crippen LogP contribution in [0.15, 0.2) is 77.5 Å².